The maximum Gasteiger partial charge on any atom is 0.144 e. The fourth-order valence-electron chi connectivity index (χ4n) is 2.29. The lowest BCUT2D eigenvalue weighted by Crippen LogP contribution is -2.15. The third kappa shape index (κ3) is 3.19. The number of hydrogen-bond donors (Lipinski definition) is 2. The lowest BCUT2D eigenvalue weighted by molar-refractivity contribution is 0.630. The zero-order chi connectivity index (χ0) is 16.6. The number of aromatic amines is 1. The predicted molar refractivity (Wildman–Crippen MR) is 92.4 cm³/mol. The monoisotopic (exact) mass is 330 g/mol. The fraction of sp³-hybridized carbons (Fsp3) is 0.176. The molecular weight excluding hydrogens is 315 g/mol. The van der Waals surface area contributed by atoms with Crippen molar-refractivity contribution in [1.82, 2.24) is 9.97 Å². The van der Waals surface area contributed by atoms with E-state index in [4.69, 9.17) is 17.3 Å². The second kappa shape index (κ2) is 6.01. The third-order valence-electron chi connectivity index (χ3n) is 3.38. The van der Waals surface area contributed by atoms with E-state index in [1.54, 1.807) is 0 Å². The lowest BCUT2D eigenvalue weighted by Gasteiger charge is -2.04. The molecule has 0 radical (unpaired) electrons. The van der Waals surface area contributed by atoms with E-state index in [2.05, 4.69) is 15.0 Å². The van der Waals surface area contributed by atoms with Crippen LogP contribution in [0.2, 0.25) is 5.02 Å². The van der Waals surface area contributed by atoms with Crippen LogP contribution < -0.4 is 5.73 Å². The number of aromatic nitrogens is 2. The normalized spacial score (nSPS) is 12.3. The largest absolute Gasteiger partial charge is 0.383 e. The first-order chi connectivity index (χ1) is 10.9. The summed E-state index contributed by atoms with van der Waals surface area (Å²) in [6.45, 7) is 3.94. The van der Waals surface area contributed by atoms with Gasteiger partial charge in [0.15, 0.2) is 0 Å². The Hall–Kier alpha value is -2.40. The van der Waals surface area contributed by atoms with E-state index in [-0.39, 0.29) is 11.1 Å². The molecule has 2 aromatic carbocycles. The third-order valence-corrected chi connectivity index (χ3v) is 3.66. The van der Waals surface area contributed by atoms with Gasteiger partial charge in [0.05, 0.1) is 16.1 Å². The number of hydrogen-bond acceptors (Lipinski definition) is 2. The molecule has 1 heterocycles. The molecule has 0 aliphatic rings. The zero-order valence-electron chi connectivity index (χ0n) is 12.8. The number of nitrogens with two attached hydrogens (primary N) is 1. The van der Waals surface area contributed by atoms with Crippen LogP contribution in [0, 0.1) is 5.82 Å². The van der Waals surface area contributed by atoms with Crippen molar-refractivity contribution in [2.24, 2.45) is 10.7 Å². The predicted octanol–water partition coefficient (Wildman–Crippen LogP) is 4.14. The highest BCUT2D eigenvalue weighted by molar-refractivity contribution is 6.31. The van der Waals surface area contributed by atoms with E-state index < -0.39 is 5.82 Å². The number of aliphatic imine (C=N–C) groups is 1. The Labute approximate surface area is 138 Å². The molecule has 0 aliphatic carbocycles. The molecule has 0 spiro atoms. The number of amidine groups is 1. The van der Waals surface area contributed by atoms with Gasteiger partial charge in [-0.2, -0.15) is 0 Å². The van der Waals surface area contributed by atoms with Gasteiger partial charge in [-0.05, 0) is 19.9 Å². The highest BCUT2D eigenvalue weighted by atomic mass is 35.5. The summed E-state index contributed by atoms with van der Waals surface area (Å²) in [6.07, 6.45) is 0. The van der Waals surface area contributed by atoms with Crippen molar-refractivity contribution < 1.29 is 4.39 Å². The summed E-state index contributed by atoms with van der Waals surface area (Å²) in [5.74, 6) is 0.681. The van der Waals surface area contributed by atoms with E-state index in [0.29, 0.717) is 22.7 Å². The molecule has 0 unspecified atom stereocenters. The molecule has 3 N–H and O–H groups in total. The van der Waals surface area contributed by atoms with Crippen molar-refractivity contribution in [2.45, 2.75) is 19.9 Å². The maximum absolute atomic E-state index is 13.5. The van der Waals surface area contributed by atoms with Gasteiger partial charge in [0.25, 0.3) is 0 Å². The maximum atomic E-state index is 13.5. The number of rotatable bonds is 3. The molecule has 3 rings (SSSR count). The number of nitrogens with zero attached hydrogens (tertiary/aromatic N) is 2. The molecule has 4 nitrogen and oxygen atoms in total. The summed E-state index contributed by atoms with van der Waals surface area (Å²) in [5, 5.41) is 0.0589. The van der Waals surface area contributed by atoms with Crippen molar-refractivity contribution in [2.75, 3.05) is 0 Å². The van der Waals surface area contributed by atoms with Gasteiger partial charge >= 0.3 is 0 Å². The Morgan fingerprint density at radius 3 is 2.61 bits per heavy atom. The topological polar surface area (TPSA) is 67.1 Å². The van der Waals surface area contributed by atoms with Crippen molar-refractivity contribution in [3.8, 4) is 11.4 Å². The van der Waals surface area contributed by atoms with Gasteiger partial charge in [0.2, 0.25) is 0 Å². The fourth-order valence-corrected chi connectivity index (χ4v) is 2.45. The second-order valence-corrected chi connectivity index (χ2v) is 5.96. The van der Waals surface area contributed by atoms with Gasteiger partial charge in [-0.25, -0.2) is 9.37 Å². The number of imidazole rings is 1. The zero-order valence-corrected chi connectivity index (χ0v) is 13.5. The molecule has 23 heavy (non-hydrogen) atoms. The molecule has 0 fully saturated rings. The molecule has 6 heteroatoms. The van der Waals surface area contributed by atoms with Crippen LogP contribution in [0.3, 0.4) is 0 Å². The highest BCUT2D eigenvalue weighted by Gasteiger charge is 2.09. The van der Waals surface area contributed by atoms with Crippen LogP contribution in [0.5, 0.6) is 0 Å². The van der Waals surface area contributed by atoms with E-state index in [1.807, 2.05) is 38.1 Å². The SMILES string of the molecule is CC(C)N=C(N)c1ccc(-c2nc3cc(Cl)c(F)cc3[nH]2)cc1. The van der Waals surface area contributed by atoms with E-state index >= 15 is 0 Å². The summed E-state index contributed by atoms with van der Waals surface area (Å²) in [6, 6.07) is 10.6. The first-order valence-electron chi connectivity index (χ1n) is 7.23. The van der Waals surface area contributed by atoms with Crippen LogP contribution in [0.4, 0.5) is 4.39 Å². The minimum absolute atomic E-state index is 0.0589. The van der Waals surface area contributed by atoms with Crippen LogP contribution in [-0.2, 0) is 0 Å². The van der Waals surface area contributed by atoms with Crippen LogP contribution in [-0.4, -0.2) is 21.8 Å². The van der Waals surface area contributed by atoms with Crippen LogP contribution in [0.25, 0.3) is 22.4 Å². The van der Waals surface area contributed by atoms with Gasteiger partial charge in [0.1, 0.15) is 17.5 Å². The Bertz CT molecular complexity index is 842. The van der Waals surface area contributed by atoms with E-state index in [1.165, 1.54) is 12.1 Å². The summed E-state index contributed by atoms with van der Waals surface area (Å²) in [7, 11) is 0. The summed E-state index contributed by atoms with van der Waals surface area (Å²) in [4.78, 5) is 11.8. The standard InChI is InChI=1S/C17H16ClFN4/c1-9(2)21-16(20)10-3-5-11(6-4-10)17-22-14-7-12(18)13(19)8-15(14)23-17/h3-9H,1-2H3,(H2,20,21)(H,22,23). The average molecular weight is 331 g/mol. The van der Waals surface area contributed by atoms with Crippen LogP contribution in [0.1, 0.15) is 19.4 Å². The average Bonchev–Trinajstić information content (AvgIpc) is 2.90. The molecule has 0 saturated carbocycles. The molecule has 1 aromatic heterocycles. The van der Waals surface area contributed by atoms with Gasteiger partial charge < -0.3 is 10.7 Å². The van der Waals surface area contributed by atoms with Crippen LogP contribution in [0.15, 0.2) is 41.4 Å². The number of nitrogens with one attached hydrogen (secondary N) is 1. The molecule has 0 amide bonds. The first-order valence-corrected chi connectivity index (χ1v) is 7.60. The molecular formula is C17H16ClFN4. The molecule has 3 aromatic rings. The van der Waals surface area contributed by atoms with Gasteiger partial charge in [0, 0.05) is 23.2 Å². The van der Waals surface area contributed by atoms with E-state index in [9.17, 15) is 4.39 Å². The minimum Gasteiger partial charge on any atom is -0.383 e. The Morgan fingerprint density at radius 1 is 1.26 bits per heavy atom. The highest BCUT2D eigenvalue weighted by Crippen LogP contribution is 2.25. The number of H-pyrrole nitrogens is 1. The number of fused-ring (bicyclic) bond motifs is 1. The Morgan fingerprint density at radius 2 is 1.96 bits per heavy atom. The van der Waals surface area contributed by atoms with Crippen LogP contribution >= 0.6 is 11.6 Å². The first kappa shape index (κ1) is 15.5. The van der Waals surface area contributed by atoms with Crippen molar-refractivity contribution in [1.29, 1.82) is 0 Å². The summed E-state index contributed by atoms with van der Waals surface area (Å²) >= 11 is 5.78. The van der Waals surface area contributed by atoms with Gasteiger partial charge in [-0.3, -0.25) is 4.99 Å². The minimum atomic E-state index is -0.470. The molecule has 0 saturated heterocycles. The smallest absolute Gasteiger partial charge is 0.144 e. The molecule has 0 aliphatic heterocycles. The quantitative estimate of drug-likeness (QED) is 0.560. The summed E-state index contributed by atoms with van der Waals surface area (Å²) < 4.78 is 13.5. The Balaban J connectivity index is 1.96. The Kier molecular flexibility index (Phi) is 4.05. The van der Waals surface area contributed by atoms with Crippen molar-refractivity contribution in [3.05, 3.63) is 52.8 Å². The van der Waals surface area contributed by atoms with Gasteiger partial charge in [-0.1, -0.05) is 35.9 Å². The van der Waals surface area contributed by atoms with E-state index in [0.717, 1.165) is 11.1 Å². The number of halogens is 2. The second-order valence-electron chi connectivity index (χ2n) is 5.55. The molecule has 118 valence electrons. The number of benzene rings is 2. The molecule has 0 bridgehead atoms. The van der Waals surface area contributed by atoms with Crippen molar-refractivity contribution in [3.63, 3.8) is 0 Å². The molecule has 0 atom stereocenters. The van der Waals surface area contributed by atoms with Crippen molar-refractivity contribution >= 4 is 28.5 Å². The summed E-state index contributed by atoms with van der Waals surface area (Å²) in [5.41, 5.74) is 8.90. The lowest BCUT2D eigenvalue weighted by atomic mass is 10.1. The van der Waals surface area contributed by atoms with Gasteiger partial charge in [-0.15, -0.1) is 0 Å².